The number of halogens is 1. The van der Waals surface area contributed by atoms with Crippen LogP contribution in [0.1, 0.15) is 31.9 Å². The van der Waals surface area contributed by atoms with Crippen LogP contribution in [0.15, 0.2) is 65.8 Å². The monoisotopic (exact) mass is 585 g/mol. The molecule has 212 valence electrons. The third-order valence-electron chi connectivity index (χ3n) is 5.98. The third kappa shape index (κ3) is 7.09. The highest BCUT2D eigenvalue weighted by atomic mass is 35.5. The maximum Gasteiger partial charge on any atom is 0.316 e. The summed E-state index contributed by atoms with van der Waals surface area (Å²) in [6.07, 6.45) is 2.84. The molecule has 2 aromatic carbocycles. The quantitative estimate of drug-likeness (QED) is 0.239. The predicted octanol–water partition coefficient (Wildman–Crippen LogP) is 4.85. The molecule has 40 heavy (non-hydrogen) atoms. The lowest BCUT2D eigenvalue weighted by atomic mass is 9.87. The molecule has 0 spiro atoms. The van der Waals surface area contributed by atoms with Crippen molar-refractivity contribution in [3.05, 3.63) is 77.1 Å². The number of nitrogens with one attached hydrogen (secondary N) is 1. The summed E-state index contributed by atoms with van der Waals surface area (Å²) in [6.45, 7) is 8.09. The van der Waals surface area contributed by atoms with Crippen LogP contribution < -0.4 is 14.2 Å². The number of hydrogen-bond acceptors (Lipinski definition) is 8. The van der Waals surface area contributed by atoms with Gasteiger partial charge in [-0.1, -0.05) is 74.3 Å². The first kappa shape index (κ1) is 29.3. The fraction of sp³-hybridized carbons (Fsp3) is 0.321. The van der Waals surface area contributed by atoms with Crippen molar-refractivity contribution in [1.29, 1.82) is 0 Å². The van der Waals surface area contributed by atoms with Crippen molar-refractivity contribution in [3.8, 4) is 23.0 Å². The van der Waals surface area contributed by atoms with Gasteiger partial charge in [0, 0.05) is 0 Å². The van der Waals surface area contributed by atoms with Gasteiger partial charge in [-0.05, 0) is 35.6 Å². The smallest absolute Gasteiger partial charge is 0.316 e. The molecular weight excluding hydrogens is 554 g/mol. The summed E-state index contributed by atoms with van der Waals surface area (Å²) in [5, 5.41) is 14.6. The summed E-state index contributed by atoms with van der Waals surface area (Å²) in [5.41, 5.74) is 3.05. The number of sulfonamides is 1. The largest absolute Gasteiger partial charge is 0.472 e. The van der Waals surface area contributed by atoms with Crippen molar-refractivity contribution in [2.75, 3.05) is 24.5 Å². The number of rotatable bonds is 11. The van der Waals surface area contributed by atoms with Crippen molar-refractivity contribution in [1.82, 2.24) is 19.7 Å². The van der Waals surface area contributed by atoms with E-state index in [0.29, 0.717) is 16.1 Å². The molecular formula is C28H32ClN5O5S. The van der Waals surface area contributed by atoms with Gasteiger partial charge in [-0.25, -0.2) is 23.1 Å². The number of ether oxygens (including phenoxy) is 2. The first-order chi connectivity index (χ1) is 19.0. The van der Waals surface area contributed by atoms with Gasteiger partial charge in [0.05, 0.1) is 41.0 Å². The Morgan fingerprint density at radius 3 is 2.20 bits per heavy atom. The summed E-state index contributed by atoms with van der Waals surface area (Å²) in [5.74, 6) is 0.355. The summed E-state index contributed by atoms with van der Waals surface area (Å²) < 4.78 is 42.5. The van der Waals surface area contributed by atoms with Gasteiger partial charge in [-0.15, -0.1) is 5.10 Å². The van der Waals surface area contributed by atoms with E-state index in [4.69, 9.17) is 21.1 Å². The van der Waals surface area contributed by atoms with E-state index < -0.39 is 10.0 Å². The average Bonchev–Trinajstić information content (AvgIpc) is 3.24. The molecule has 0 aliphatic heterocycles. The average molecular weight is 586 g/mol. The molecule has 0 atom stereocenters. The Balaban J connectivity index is 1.66. The van der Waals surface area contributed by atoms with Crippen LogP contribution in [0.5, 0.6) is 11.9 Å². The molecule has 0 saturated heterocycles. The molecule has 0 unspecified atom stereocenters. The lowest BCUT2D eigenvalue weighted by Gasteiger charge is -2.19. The molecule has 2 N–H and O–H groups in total. The van der Waals surface area contributed by atoms with E-state index in [1.165, 1.54) is 17.1 Å². The maximum absolute atomic E-state index is 13.5. The van der Waals surface area contributed by atoms with Gasteiger partial charge < -0.3 is 14.6 Å². The molecule has 4 rings (SSSR count). The van der Waals surface area contributed by atoms with E-state index in [2.05, 4.69) is 40.6 Å². The number of aliphatic hydroxyl groups is 1. The highest BCUT2D eigenvalue weighted by Gasteiger charge is 2.26. The van der Waals surface area contributed by atoms with Crippen molar-refractivity contribution < 1.29 is 23.0 Å². The number of nitrogens with zero attached hydrogens (tertiary/aromatic N) is 4. The molecule has 0 bridgehead atoms. The Labute approximate surface area is 239 Å². The number of anilines is 1. The van der Waals surface area contributed by atoms with Crippen LogP contribution in [-0.2, 0) is 22.0 Å². The standard InChI is InChI=1S/C28H32ClN5O5S/c1-19-5-7-20(8-6-19)24-25(33-40(36,37)23-11-9-21(10-12-23)28(2,3)4)34(13-14-35)32-26(24)38-15-16-39-27-30-17-22(29)18-31-27/h5-12,17-18,33,35H,13-16H2,1-4H3. The molecule has 0 radical (unpaired) electrons. The second-order valence-corrected chi connectivity index (χ2v) is 12.2. The van der Waals surface area contributed by atoms with Crippen LogP contribution in [0.25, 0.3) is 11.1 Å². The Bertz CT molecular complexity index is 1530. The fourth-order valence-electron chi connectivity index (χ4n) is 3.85. The molecule has 12 heteroatoms. The van der Waals surface area contributed by atoms with Crippen molar-refractivity contribution >= 4 is 27.4 Å². The molecule has 2 heterocycles. The second kappa shape index (κ2) is 12.2. The SMILES string of the molecule is Cc1ccc(-c2c(OCCOc3ncc(Cl)cn3)nn(CCO)c2NS(=O)(=O)c2ccc(C(C)(C)C)cc2)cc1. The van der Waals surface area contributed by atoms with Gasteiger partial charge in [0.25, 0.3) is 10.0 Å². The molecule has 0 aliphatic carbocycles. The van der Waals surface area contributed by atoms with Crippen LogP contribution in [0.3, 0.4) is 0 Å². The van der Waals surface area contributed by atoms with Gasteiger partial charge in [0.2, 0.25) is 5.88 Å². The molecule has 0 amide bonds. The zero-order valence-electron chi connectivity index (χ0n) is 22.8. The zero-order chi connectivity index (χ0) is 28.9. The fourth-order valence-corrected chi connectivity index (χ4v) is 5.02. The van der Waals surface area contributed by atoms with E-state index in [-0.39, 0.29) is 54.4 Å². The van der Waals surface area contributed by atoms with Crippen LogP contribution in [0, 0.1) is 6.92 Å². The lowest BCUT2D eigenvalue weighted by Crippen LogP contribution is -2.18. The Kier molecular flexibility index (Phi) is 8.97. The highest BCUT2D eigenvalue weighted by Crippen LogP contribution is 2.38. The van der Waals surface area contributed by atoms with Gasteiger partial charge in [-0.3, -0.25) is 4.72 Å². The van der Waals surface area contributed by atoms with E-state index in [0.717, 1.165) is 11.1 Å². The van der Waals surface area contributed by atoms with Gasteiger partial charge in [0.1, 0.15) is 19.0 Å². The molecule has 10 nitrogen and oxygen atoms in total. The van der Waals surface area contributed by atoms with Crippen molar-refractivity contribution in [3.63, 3.8) is 0 Å². The second-order valence-electron chi connectivity index (χ2n) is 10.1. The lowest BCUT2D eigenvalue weighted by molar-refractivity contribution is 0.199. The maximum atomic E-state index is 13.5. The topological polar surface area (TPSA) is 128 Å². The number of aryl methyl sites for hydroxylation is 1. The van der Waals surface area contributed by atoms with Crippen molar-refractivity contribution in [2.45, 2.75) is 44.6 Å². The number of hydrogen-bond donors (Lipinski definition) is 2. The minimum atomic E-state index is -4.01. The Morgan fingerprint density at radius 1 is 0.975 bits per heavy atom. The third-order valence-corrected chi connectivity index (χ3v) is 7.53. The van der Waals surface area contributed by atoms with Crippen LogP contribution in [0.2, 0.25) is 5.02 Å². The van der Waals surface area contributed by atoms with Crippen molar-refractivity contribution in [2.24, 2.45) is 0 Å². The molecule has 4 aromatic rings. The minimum Gasteiger partial charge on any atom is -0.472 e. The first-order valence-electron chi connectivity index (χ1n) is 12.6. The number of aliphatic hydroxyl groups excluding tert-OH is 1. The van der Waals surface area contributed by atoms with E-state index in [9.17, 15) is 13.5 Å². The molecule has 0 saturated carbocycles. The van der Waals surface area contributed by atoms with Crippen LogP contribution in [-0.4, -0.2) is 53.1 Å². The summed E-state index contributed by atoms with van der Waals surface area (Å²) in [4.78, 5) is 8.07. The predicted molar refractivity (Wildman–Crippen MR) is 153 cm³/mol. The summed E-state index contributed by atoms with van der Waals surface area (Å²) in [7, 11) is -4.01. The molecule has 2 aromatic heterocycles. The van der Waals surface area contributed by atoms with E-state index >= 15 is 0 Å². The van der Waals surface area contributed by atoms with E-state index in [1.54, 1.807) is 24.3 Å². The number of aromatic nitrogens is 4. The molecule has 0 aliphatic rings. The minimum absolute atomic E-state index is 0.0398. The summed E-state index contributed by atoms with van der Waals surface area (Å²) >= 11 is 5.81. The van der Waals surface area contributed by atoms with Gasteiger partial charge in [-0.2, -0.15) is 0 Å². The number of benzene rings is 2. The van der Waals surface area contributed by atoms with Gasteiger partial charge >= 0.3 is 6.01 Å². The first-order valence-corrected chi connectivity index (χ1v) is 14.5. The summed E-state index contributed by atoms with van der Waals surface area (Å²) in [6, 6.07) is 14.4. The Hall–Kier alpha value is -3.67. The molecule has 0 fully saturated rings. The van der Waals surface area contributed by atoms with Crippen LogP contribution in [0.4, 0.5) is 5.82 Å². The zero-order valence-corrected chi connectivity index (χ0v) is 24.3. The van der Waals surface area contributed by atoms with Crippen LogP contribution >= 0.6 is 11.6 Å². The highest BCUT2D eigenvalue weighted by molar-refractivity contribution is 7.92. The normalized spacial score (nSPS) is 11.8. The van der Waals surface area contributed by atoms with Gasteiger partial charge in [0.15, 0.2) is 0 Å². The Morgan fingerprint density at radius 2 is 1.60 bits per heavy atom. The van der Waals surface area contributed by atoms with E-state index in [1.807, 2.05) is 31.2 Å².